The minimum atomic E-state index is -0.498. The number of allylic oxidation sites excluding steroid dienone is 1. The Labute approximate surface area is 180 Å². The minimum Gasteiger partial charge on any atom is -0.452 e. The molecule has 1 aliphatic rings. The highest BCUT2D eigenvalue weighted by Crippen LogP contribution is 2.39. The van der Waals surface area contributed by atoms with Gasteiger partial charge in [0.15, 0.2) is 5.76 Å². The highest BCUT2D eigenvalue weighted by molar-refractivity contribution is 9.10. The lowest BCUT2D eigenvalue weighted by atomic mass is 10.1. The van der Waals surface area contributed by atoms with Gasteiger partial charge >= 0.3 is 5.97 Å². The van der Waals surface area contributed by atoms with E-state index in [9.17, 15) is 9.59 Å². The number of hydrogen-bond acceptors (Lipinski definition) is 4. The van der Waals surface area contributed by atoms with E-state index in [0.717, 1.165) is 5.56 Å². The molecular formula is C23H14BrClO4. The van der Waals surface area contributed by atoms with Crippen LogP contribution in [0.3, 0.4) is 0 Å². The number of halogens is 2. The Morgan fingerprint density at radius 1 is 1.07 bits per heavy atom. The Kier molecular flexibility index (Phi) is 5.26. The largest absolute Gasteiger partial charge is 0.452 e. The van der Waals surface area contributed by atoms with Gasteiger partial charge in [0.1, 0.15) is 11.5 Å². The Morgan fingerprint density at radius 3 is 2.52 bits per heavy atom. The molecule has 0 aliphatic carbocycles. The fourth-order valence-corrected chi connectivity index (χ4v) is 3.54. The van der Waals surface area contributed by atoms with Gasteiger partial charge in [-0.25, -0.2) is 4.79 Å². The summed E-state index contributed by atoms with van der Waals surface area (Å²) in [5.74, 6) is 0.223. The number of ketones is 1. The normalized spacial score (nSPS) is 13.9. The van der Waals surface area contributed by atoms with Crippen molar-refractivity contribution in [3.8, 4) is 11.5 Å². The molecule has 29 heavy (non-hydrogen) atoms. The molecule has 144 valence electrons. The van der Waals surface area contributed by atoms with Crippen LogP contribution in [-0.4, -0.2) is 11.8 Å². The number of Topliss-reactive ketones (excluding diaryl/α,β-unsaturated/α-hetero) is 1. The van der Waals surface area contributed by atoms with E-state index >= 15 is 0 Å². The van der Waals surface area contributed by atoms with E-state index in [1.807, 2.05) is 6.07 Å². The van der Waals surface area contributed by atoms with Gasteiger partial charge in [-0.1, -0.05) is 35.9 Å². The van der Waals surface area contributed by atoms with Gasteiger partial charge in [-0.3, -0.25) is 4.79 Å². The molecule has 0 aromatic heterocycles. The maximum absolute atomic E-state index is 12.7. The zero-order valence-electron chi connectivity index (χ0n) is 15.2. The first-order valence-corrected chi connectivity index (χ1v) is 9.91. The first-order valence-electron chi connectivity index (χ1n) is 8.74. The van der Waals surface area contributed by atoms with Crippen molar-refractivity contribution in [3.63, 3.8) is 0 Å². The van der Waals surface area contributed by atoms with Crippen LogP contribution in [-0.2, 0) is 0 Å². The van der Waals surface area contributed by atoms with Crippen LogP contribution in [0.15, 0.2) is 70.9 Å². The summed E-state index contributed by atoms with van der Waals surface area (Å²) in [7, 11) is 0. The number of hydrogen-bond donors (Lipinski definition) is 0. The summed E-state index contributed by atoms with van der Waals surface area (Å²) in [5, 5.41) is 0.612. The van der Waals surface area contributed by atoms with Crippen molar-refractivity contribution in [3.05, 3.63) is 98.2 Å². The Morgan fingerprint density at radius 2 is 1.79 bits per heavy atom. The van der Waals surface area contributed by atoms with Gasteiger partial charge < -0.3 is 9.47 Å². The summed E-state index contributed by atoms with van der Waals surface area (Å²) in [6, 6.07) is 17.3. The SMILES string of the molecule is Cc1c(OC(=O)c2ccccc2Br)ccc2c1O/C(=C\c1ccc(Cl)cc1)C2=O. The van der Waals surface area contributed by atoms with Gasteiger partial charge in [0.25, 0.3) is 0 Å². The lowest BCUT2D eigenvalue weighted by molar-refractivity contribution is 0.0732. The smallest absolute Gasteiger partial charge is 0.344 e. The summed E-state index contributed by atoms with van der Waals surface area (Å²) in [5.41, 5.74) is 2.22. The van der Waals surface area contributed by atoms with Crippen molar-refractivity contribution in [2.45, 2.75) is 6.92 Å². The van der Waals surface area contributed by atoms with Crippen molar-refractivity contribution in [2.24, 2.45) is 0 Å². The standard InChI is InChI=1S/C23H14BrClO4/c1-13-19(29-23(27)16-4-2-3-5-18(16)24)11-10-17-21(26)20(28-22(13)17)12-14-6-8-15(25)9-7-14/h2-12H,1H3/b20-12-. The van der Waals surface area contributed by atoms with E-state index in [4.69, 9.17) is 21.1 Å². The number of fused-ring (bicyclic) bond motifs is 1. The molecule has 0 fully saturated rings. The van der Waals surface area contributed by atoms with E-state index in [2.05, 4.69) is 15.9 Å². The molecule has 0 saturated carbocycles. The topological polar surface area (TPSA) is 52.6 Å². The molecule has 1 aliphatic heterocycles. The molecule has 0 N–H and O–H groups in total. The van der Waals surface area contributed by atoms with Gasteiger partial charge in [0.05, 0.1) is 11.1 Å². The van der Waals surface area contributed by atoms with E-state index in [0.29, 0.717) is 37.7 Å². The first kappa shape index (κ1) is 19.4. The van der Waals surface area contributed by atoms with E-state index in [1.54, 1.807) is 67.6 Å². The van der Waals surface area contributed by atoms with Crippen LogP contribution in [0.1, 0.15) is 31.8 Å². The van der Waals surface area contributed by atoms with Crippen molar-refractivity contribution in [1.29, 1.82) is 0 Å². The van der Waals surface area contributed by atoms with Gasteiger partial charge in [-0.05, 0) is 70.9 Å². The van der Waals surface area contributed by atoms with Crippen molar-refractivity contribution < 1.29 is 19.1 Å². The van der Waals surface area contributed by atoms with Crippen LogP contribution in [0.4, 0.5) is 0 Å². The second-order valence-electron chi connectivity index (χ2n) is 6.43. The quantitative estimate of drug-likeness (QED) is 0.259. The van der Waals surface area contributed by atoms with Crippen LogP contribution in [0, 0.1) is 6.92 Å². The van der Waals surface area contributed by atoms with E-state index in [-0.39, 0.29) is 11.5 Å². The van der Waals surface area contributed by atoms with Gasteiger partial charge in [0.2, 0.25) is 5.78 Å². The highest BCUT2D eigenvalue weighted by atomic mass is 79.9. The van der Waals surface area contributed by atoms with Gasteiger partial charge in [-0.15, -0.1) is 0 Å². The molecule has 0 saturated heterocycles. The van der Waals surface area contributed by atoms with Gasteiger partial charge in [-0.2, -0.15) is 0 Å². The van der Waals surface area contributed by atoms with Crippen LogP contribution in [0.2, 0.25) is 5.02 Å². The summed E-state index contributed by atoms with van der Waals surface area (Å²) in [6.45, 7) is 1.75. The summed E-state index contributed by atoms with van der Waals surface area (Å²) in [4.78, 5) is 25.2. The molecule has 0 spiro atoms. The fraction of sp³-hybridized carbons (Fsp3) is 0.0435. The maximum atomic E-state index is 12.7. The van der Waals surface area contributed by atoms with Crippen molar-refractivity contribution >= 4 is 45.4 Å². The number of benzene rings is 3. The predicted octanol–water partition coefficient (Wildman–Crippen LogP) is 6.25. The lowest BCUT2D eigenvalue weighted by Crippen LogP contribution is -2.10. The van der Waals surface area contributed by atoms with Crippen LogP contribution in [0.25, 0.3) is 6.08 Å². The number of carbonyl (C=O) groups is 2. The Hall–Kier alpha value is -2.89. The Balaban J connectivity index is 1.62. The molecule has 0 bridgehead atoms. The maximum Gasteiger partial charge on any atom is 0.344 e. The third-order valence-electron chi connectivity index (χ3n) is 4.50. The monoisotopic (exact) mass is 468 g/mol. The zero-order chi connectivity index (χ0) is 20.5. The first-order chi connectivity index (χ1) is 13.9. The second kappa shape index (κ2) is 7.85. The average molecular weight is 470 g/mol. The summed E-state index contributed by atoms with van der Waals surface area (Å²) >= 11 is 9.24. The molecule has 1 heterocycles. The number of carbonyl (C=O) groups excluding carboxylic acids is 2. The number of esters is 1. The molecule has 0 radical (unpaired) electrons. The van der Waals surface area contributed by atoms with Crippen LogP contribution < -0.4 is 9.47 Å². The average Bonchev–Trinajstić information content (AvgIpc) is 3.02. The van der Waals surface area contributed by atoms with E-state index in [1.165, 1.54) is 0 Å². The molecule has 6 heteroatoms. The minimum absolute atomic E-state index is 0.208. The third kappa shape index (κ3) is 3.84. The lowest BCUT2D eigenvalue weighted by Gasteiger charge is -2.10. The number of rotatable bonds is 3. The molecule has 0 amide bonds. The van der Waals surface area contributed by atoms with Crippen LogP contribution in [0.5, 0.6) is 11.5 Å². The molecule has 3 aromatic carbocycles. The van der Waals surface area contributed by atoms with Gasteiger partial charge in [0, 0.05) is 15.1 Å². The molecule has 4 rings (SSSR count). The fourth-order valence-electron chi connectivity index (χ4n) is 2.97. The summed E-state index contributed by atoms with van der Waals surface area (Å²) < 4.78 is 12.0. The van der Waals surface area contributed by atoms with Crippen molar-refractivity contribution in [1.82, 2.24) is 0 Å². The molecular weight excluding hydrogens is 456 g/mol. The van der Waals surface area contributed by atoms with Crippen LogP contribution >= 0.6 is 27.5 Å². The number of ether oxygens (including phenoxy) is 2. The molecule has 3 aromatic rings. The van der Waals surface area contributed by atoms with E-state index < -0.39 is 5.97 Å². The zero-order valence-corrected chi connectivity index (χ0v) is 17.6. The molecule has 0 unspecified atom stereocenters. The second-order valence-corrected chi connectivity index (χ2v) is 7.72. The highest BCUT2D eigenvalue weighted by Gasteiger charge is 2.30. The molecule has 0 atom stereocenters. The predicted molar refractivity (Wildman–Crippen MR) is 115 cm³/mol. The Bertz CT molecular complexity index is 1170. The van der Waals surface area contributed by atoms with Crippen molar-refractivity contribution in [2.75, 3.05) is 0 Å². The summed E-state index contributed by atoms with van der Waals surface area (Å²) in [6.07, 6.45) is 1.66. The molecule has 4 nitrogen and oxygen atoms in total. The third-order valence-corrected chi connectivity index (χ3v) is 5.44.